The number of imidazole rings is 1. The molecule has 1 atom stereocenters. The molecule has 2 N–H and O–H groups in total. The van der Waals surface area contributed by atoms with Gasteiger partial charge in [-0.15, -0.1) is 0 Å². The van der Waals surface area contributed by atoms with Crippen LogP contribution in [-0.4, -0.2) is 38.2 Å². The molecular formula is C22H24BrN3O4. The molecule has 0 saturated heterocycles. The Morgan fingerprint density at radius 2 is 1.87 bits per heavy atom. The van der Waals surface area contributed by atoms with Crippen LogP contribution >= 0.6 is 15.9 Å². The number of nitrogens with zero attached hydrogens (tertiary/aromatic N) is 2. The van der Waals surface area contributed by atoms with Crippen molar-refractivity contribution in [1.82, 2.24) is 14.7 Å². The first kappa shape index (κ1) is 21.8. The summed E-state index contributed by atoms with van der Waals surface area (Å²) in [6.07, 6.45) is 1.18. The Morgan fingerprint density at radius 3 is 2.47 bits per heavy atom. The van der Waals surface area contributed by atoms with Crippen molar-refractivity contribution in [2.45, 2.75) is 45.8 Å². The fourth-order valence-electron chi connectivity index (χ4n) is 3.08. The van der Waals surface area contributed by atoms with Gasteiger partial charge in [-0.05, 0) is 51.5 Å². The number of carboxylic acid groups (broad SMARTS) is 1. The zero-order valence-corrected chi connectivity index (χ0v) is 18.9. The third-order valence-electron chi connectivity index (χ3n) is 4.37. The van der Waals surface area contributed by atoms with Crippen LogP contribution in [0.15, 0.2) is 47.1 Å². The van der Waals surface area contributed by atoms with E-state index in [1.165, 1.54) is 0 Å². The Labute approximate surface area is 183 Å². The van der Waals surface area contributed by atoms with Gasteiger partial charge in [-0.3, -0.25) is 0 Å². The molecule has 0 bridgehead atoms. The largest absolute Gasteiger partial charge is 0.480 e. The number of ether oxygens (including phenoxy) is 1. The van der Waals surface area contributed by atoms with E-state index >= 15 is 0 Å². The van der Waals surface area contributed by atoms with Gasteiger partial charge in [0.15, 0.2) is 0 Å². The van der Waals surface area contributed by atoms with Crippen molar-refractivity contribution in [3.63, 3.8) is 0 Å². The maximum atomic E-state index is 12.2. The number of nitrogens with one attached hydrogen (secondary N) is 1. The van der Waals surface area contributed by atoms with E-state index in [1.807, 2.05) is 53.9 Å². The van der Waals surface area contributed by atoms with Crippen molar-refractivity contribution in [2.75, 3.05) is 0 Å². The number of alkyl carbamates (subject to hydrolysis) is 1. The molecule has 3 rings (SSSR count). The number of fused-ring (bicyclic) bond motifs is 1. The molecule has 0 aliphatic carbocycles. The molecule has 1 unspecified atom stereocenters. The summed E-state index contributed by atoms with van der Waals surface area (Å²) in [5.41, 5.74) is 3.21. The Hall–Kier alpha value is -2.87. The number of aliphatic carboxylic acids is 1. The number of carboxylic acids is 1. The van der Waals surface area contributed by atoms with Crippen molar-refractivity contribution < 1.29 is 19.4 Å². The lowest BCUT2D eigenvalue weighted by atomic mass is 10.0. The number of amides is 1. The highest BCUT2D eigenvalue weighted by Gasteiger charge is 2.27. The molecular weight excluding hydrogens is 450 g/mol. The highest BCUT2D eigenvalue weighted by molar-refractivity contribution is 9.10. The van der Waals surface area contributed by atoms with Crippen molar-refractivity contribution in [3.05, 3.63) is 58.3 Å². The van der Waals surface area contributed by atoms with Crippen LogP contribution in [0.1, 0.15) is 32.0 Å². The van der Waals surface area contributed by atoms with Crippen LogP contribution in [0.4, 0.5) is 4.79 Å². The van der Waals surface area contributed by atoms with Gasteiger partial charge in [0.2, 0.25) is 0 Å². The maximum absolute atomic E-state index is 12.2. The van der Waals surface area contributed by atoms with E-state index in [4.69, 9.17) is 9.72 Å². The monoisotopic (exact) mass is 473 g/mol. The van der Waals surface area contributed by atoms with Crippen LogP contribution in [-0.2, 0) is 16.0 Å². The number of pyridine rings is 1. The number of halogens is 1. The molecule has 0 saturated carbocycles. The van der Waals surface area contributed by atoms with E-state index in [0.29, 0.717) is 17.0 Å². The van der Waals surface area contributed by atoms with Gasteiger partial charge in [0.05, 0.1) is 11.4 Å². The Kier molecular flexibility index (Phi) is 6.17. The molecule has 3 aromatic rings. The lowest BCUT2D eigenvalue weighted by molar-refractivity contribution is -0.139. The number of aromatic nitrogens is 2. The number of hydrogen-bond acceptors (Lipinski definition) is 4. The lowest BCUT2D eigenvalue weighted by Crippen LogP contribution is -2.44. The SMILES string of the molecule is Cc1ccc2nc(-c3ccc(Br)cc3)c(CC(NC(=O)OC(C)(C)C)C(=O)O)n2c1. The van der Waals surface area contributed by atoms with Gasteiger partial charge in [-0.25, -0.2) is 14.6 Å². The van der Waals surface area contributed by atoms with Crippen LogP contribution in [0.5, 0.6) is 0 Å². The minimum absolute atomic E-state index is 0.0462. The number of carbonyl (C=O) groups is 2. The molecule has 0 radical (unpaired) electrons. The minimum Gasteiger partial charge on any atom is -0.480 e. The predicted octanol–water partition coefficient (Wildman–Crippen LogP) is 4.59. The molecule has 1 amide bonds. The van der Waals surface area contributed by atoms with Crippen LogP contribution in [0.3, 0.4) is 0 Å². The first-order chi connectivity index (χ1) is 14.0. The molecule has 0 aliphatic rings. The van der Waals surface area contributed by atoms with Crippen molar-refractivity contribution in [2.24, 2.45) is 0 Å². The predicted molar refractivity (Wildman–Crippen MR) is 118 cm³/mol. The molecule has 2 aromatic heterocycles. The summed E-state index contributed by atoms with van der Waals surface area (Å²) >= 11 is 3.43. The summed E-state index contributed by atoms with van der Waals surface area (Å²) in [5, 5.41) is 12.2. The Morgan fingerprint density at radius 1 is 1.20 bits per heavy atom. The van der Waals surface area contributed by atoms with Gasteiger partial charge in [-0.2, -0.15) is 0 Å². The molecule has 0 spiro atoms. The summed E-state index contributed by atoms with van der Waals surface area (Å²) in [6.45, 7) is 7.12. The molecule has 8 heteroatoms. The van der Waals surface area contributed by atoms with Crippen LogP contribution in [0.2, 0.25) is 0 Å². The summed E-state index contributed by atoms with van der Waals surface area (Å²) in [4.78, 5) is 28.8. The molecule has 0 fully saturated rings. The fourth-order valence-corrected chi connectivity index (χ4v) is 3.34. The first-order valence-electron chi connectivity index (χ1n) is 9.49. The molecule has 158 valence electrons. The van der Waals surface area contributed by atoms with E-state index in [9.17, 15) is 14.7 Å². The molecule has 2 heterocycles. The zero-order valence-electron chi connectivity index (χ0n) is 17.3. The van der Waals surface area contributed by atoms with Crippen LogP contribution < -0.4 is 5.32 Å². The number of carbonyl (C=O) groups excluding carboxylic acids is 1. The topological polar surface area (TPSA) is 92.9 Å². The van der Waals surface area contributed by atoms with Gasteiger partial charge in [0, 0.05) is 22.7 Å². The second kappa shape index (κ2) is 8.47. The molecule has 30 heavy (non-hydrogen) atoms. The van der Waals surface area contributed by atoms with Crippen LogP contribution in [0, 0.1) is 6.92 Å². The lowest BCUT2D eigenvalue weighted by Gasteiger charge is -2.22. The van der Waals surface area contributed by atoms with Gasteiger partial charge in [0.25, 0.3) is 0 Å². The van der Waals surface area contributed by atoms with E-state index in [1.54, 1.807) is 20.8 Å². The van der Waals surface area contributed by atoms with E-state index in [2.05, 4.69) is 21.2 Å². The molecule has 0 aliphatic heterocycles. The summed E-state index contributed by atoms with van der Waals surface area (Å²) in [6, 6.07) is 10.3. The third-order valence-corrected chi connectivity index (χ3v) is 4.90. The summed E-state index contributed by atoms with van der Waals surface area (Å²) < 4.78 is 8.04. The number of aryl methyl sites for hydroxylation is 1. The van der Waals surface area contributed by atoms with Crippen molar-refractivity contribution in [1.29, 1.82) is 0 Å². The average molecular weight is 474 g/mol. The van der Waals surface area contributed by atoms with Crippen LogP contribution in [0.25, 0.3) is 16.9 Å². The van der Waals surface area contributed by atoms with Gasteiger partial charge in [-0.1, -0.05) is 34.1 Å². The first-order valence-corrected chi connectivity index (χ1v) is 10.3. The number of rotatable bonds is 5. The highest BCUT2D eigenvalue weighted by Crippen LogP contribution is 2.27. The third kappa shape index (κ3) is 5.18. The minimum atomic E-state index is -1.17. The number of benzene rings is 1. The van der Waals surface area contributed by atoms with E-state index < -0.39 is 23.7 Å². The second-order valence-corrected chi connectivity index (χ2v) is 9.01. The highest BCUT2D eigenvalue weighted by atomic mass is 79.9. The normalized spacial score (nSPS) is 12.6. The smallest absolute Gasteiger partial charge is 0.408 e. The van der Waals surface area contributed by atoms with Crippen molar-refractivity contribution in [3.8, 4) is 11.3 Å². The number of hydrogen-bond donors (Lipinski definition) is 2. The van der Waals surface area contributed by atoms with Crippen molar-refractivity contribution >= 4 is 33.6 Å². The standard InChI is InChI=1S/C22H24BrN3O4/c1-13-5-10-18-25-19(14-6-8-15(23)9-7-14)17(26(18)12-13)11-16(20(27)28)24-21(29)30-22(2,3)4/h5-10,12,16H,11H2,1-4H3,(H,24,29)(H,27,28). The fraction of sp³-hybridized carbons (Fsp3) is 0.318. The van der Waals surface area contributed by atoms with E-state index in [-0.39, 0.29) is 6.42 Å². The quantitative estimate of drug-likeness (QED) is 0.564. The summed E-state index contributed by atoms with van der Waals surface area (Å²) in [7, 11) is 0. The van der Waals surface area contributed by atoms with Gasteiger partial charge < -0.3 is 19.6 Å². The zero-order chi connectivity index (χ0) is 22.1. The maximum Gasteiger partial charge on any atom is 0.408 e. The summed E-state index contributed by atoms with van der Waals surface area (Å²) in [5.74, 6) is -1.15. The Bertz CT molecular complexity index is 1080. The molecule has 7 nitrogen and oxygen atoms in total. The average Bonchev–Trinajstić information content (AvgIpc) is 2.98. The van der Waals surface area contributed by atoms with Gasteiger partial charge in [0.1, 0.15) is 17.3 Å². The second-order valence-electron chi connectivity index (χ2n) is 8.09. The van der Waals surface area contributed by atoms with E-state index in [0.717, 1.165) is 15.6 Å². The Balaban J connectivity index is 2.02. The molecule has 1 aromatic carbocycles. The van der Waals surface area contributed by atoms with Gasteiger partial charge >= 0.3 is 12.1 Å².